The number of carbonyl (C=O) groups excluding carboxylic acids is 1. The summed E-state index contributed by atoms with van der Waals surface area (Å²) in [7, 11) is 0. The van der Waals surface area contributed by atoms with Gasteiger partial charge in [-0.1, -0.05) is 13.8 Å². The van der Waals surface area contributed by atoms with Crippen LogP contribution in [0.3, 0.4) is 0 Å². The predicted octanol–water partition coefficient (Wildman–Crippen LogP) is 3.21. The fraction of sp³-hybridized carbons (Fsp3) is 0.526. The maximum atomic E-state index is 11.6. The lowest BCUT2D eigenvalue weighted by atomic mass is 9.63. The van der Waals surface area contributed by atoms with Crippen molar-refractivity contribution in [2.45, 2.75) is 45.3 Å². The molecule has 130 valence electrons. The van der Waals surface area contributed by atoms with Gasteiger partial charge in [0.15, 0.2) is 0 Å². The van der Waals surface area contributed by atoms with Gasteiger partial charge in [-0.05, 0) is 48.8 Å². The van der Waals surface area contributed by atoms with E-state index in [1.807, 2.05) is 18.5 Å². The van der Waals surface area contributed by atoms with Crippen molar-refractivity contribution in [1.29, 1.82) is 5.26 Å². The van der Waals surface area contributed by atoms with E-state index in [2.05, 4.69) is 34.8 Å². The molecule has 1 amide bonds. The van der Waals surface area contributed by atoms with Crippen molar-refractivity contribution in [3.8, 4) is 6.07 Å². The first-order valence-corrected chi connectivity index (χ1v) is 8.73. The van der Waals surface area contributed by atoms with Crippen LogP contribution in [0.5, 0.6) is 0 Å². The summed E-state index contributed by atoms with van der Waals surface area (Å²) in [5.41, 5.74) is 2.31. The Kier molecular flexibility index (Phi) is 3.50. The molecule has 1 aliphatic heterocycles. The molecule has 2 aliphatic rings. The lowest BCUT2D eigenvalue weighted by Crippen LogP contribution is -2.46. The fourth-order valence-electron chi connectivity index (χ4n) is 4.16. The van der Waals surface area contributed by atoms with Crippen LogP contribution in [0.4, 0.5) is 4.79 Å². The average Bonchev–Trinajstić information content (AvgIpc) is 3.15. The molecule has 0 bridgehead atoms. The first-order valence-electron chi connectivity index (χ1n) is 8.73. The molecule has 2 heterocycles. The first kappa shape index (κ1) is 15.9. The number of amides is 1. The zero-order valence-electron chi connectivity index (χ0n) is 14.6. The smallest absolute Gasteiger partial charge is 0.407 e. The van der Waals surface area contributed by atoms with Crippen LogP contribution in [-0.2, 0) is 11.3 Å². The molecule has 2 aromatic rings. The Morgan fingerprint density at radius 2 is 2.28 bits per heavy atom. The van der Waals surface area contributed by atoms with Gasteiger partial charge in [0.05, 0.1) is 35.5 Å². The summed E-state index contributed by atoms with van der Waals surface area (Å²) in [6, 6.07) is 7.77. The Balaban J connectivity index is 1.64. The summed E-state index contributed by atoms with van der Waals surface area (Å²) in [6.45, 7) is 5.97. The topological polar surface area (TPSA) is 79.9 Å². The highest BCUT2D eigenvalue weighted by Crippen LogP contribution is 2.48. The molecule has 4 rings (SSSR count). The van der Waals surface area contributed by atoms with E-state index in [1.165, 1.54) is 0 Å². The molecular formula is C19H22N4O2. The maximum absolute atomic E-state index is 11.6. The third-order valence-electron chi connectivity index (χ3n) is 5.98. The second kappa shape index (κ2) is 5.48. The molecule has 6 nitrogen and oxygen atoms in total. The lowest BCUT2D eigenvalue weighted by molar-refractivity contribution is -0.0418. The minimum Gasteiger partial charge on any atom is -0.441 e. The van der Waals surface area contributed by atoms with Gasteiger partial charge in [-0.15, -0.1) is 0 Å². The lowest BCUT2D eigenvalue weighted by Gasteiger charge is -2.46. The van der Waals surface area contributed by atoms with Gasteiger partial charge >= 0.3 is 6.09 Å². The van der Waals surface area contributed by atoms with E-state index in [1.54, 1.807) is 6.07 Å². The molecule has 1 saturated carbocycles. The number of aromatic nitrogens is 2. The number of imidazole rings is 1. The molecule has 1 aliphatic carbocycles. The Bertz CT molecular complexity index is 879. The van der Waals surface area contributed by atoms with Crippen molar-refractivity contribution in [3.63, 3.8) is 0 Å². The van der Waals surface area contributed by atoms with Crippen molar-refractivity contribution >= 4 is 17.1 Å². The quantitative estimate of drug-likeness (QED) is 0.912. The summed E-state index contributed by atoms with van der Waals surface area (Å²) < 4.78 is 7.77. The van der Waals surface area contributed by atoms with E-state index in [0.717, 1.165) is 36.8 Å². The molecule has 6 heteroatoms. The van der Waals surface area contributed by atoms with Crippen molar-refractivity contribution in [3.05, 3.63) is 30.1 Å². The van der Waals surface area contributed by atoms with Gasteiger partial charge in [-0.2, -0.15) is 5.26 Å². The average molecular weight is 338 g/mol. The minimum absolute atomic E-state index is 0.156. The number of nitrogens with one attached hydrogen (secondary N) is 1. The van der Waals surface area contributed by atoms with Crippen LogP contribution in [0.25, 0.3) is 11.0 Å². The van der Waals surface area contributed by atoms with Gasteiger partial charge < -0.3 is 14.6 Å². The normalized spacial score (nSPS) is 27.9. The summed E-state index contributed by atoms with van der Waals surface area (Å²) in [6.07, 6.45) is 4.31. The maximum Gasteiger partial charge on any atom is 0.407 e. The zero-order chi connectivity index (χ0) is 17.7. The number of alkyl carbamates (subject to hydrolysis) is 1. The molecule has 1 N–H and O–H groups in total. The summed E-state index contributed by atoms with van der Waals surface area (Å²) in [4.78, 5) is 16.0. The highest BCUT2D eigenvalue weighted by molar-refractivity contribution is 5.77. The van der Waals surface area contributed by atoms with E-state index in [9.17, 15) is 4.79 Å². The number of nitriles is 1. The number of hydrogen-bond acceptors (Lipinski definition) is 4. The van der Waals surface area contributed by atoms with Crippen LogP contribution >= 0.6 is 0 Å². The number of benzene rings is 1. The Morgan fingerprint density at radius 1 is 1.44 bits per heavy atom. The SMILES string of the molecule is CC1(C)CC[C@@]2(CNC(=O)O2)CC1Cn1cnc2ccc(C#N)cc21. The van der Waals surface area contributed by atoms with Crippen molar-refractivity contribution in [1.82, 2.24) is 14.9 Å². The second-order valence-corrected chi connectivity index (χ2v) is 8.03. The highest BCUT2D eigenvalue weighted by Gasteiger charge is 2.49. The Morgan fingerprint density at radius 3 is 3.00 bits per heavy atom. The zero-order valence-corrected chi connectivity index (χ0v) is 14.6. The van der Waals surface area contributed by atoms with Gasteiger partial charge in [0, 0.05) is 6.54 Å². The number of nitrogens with zero attached hydrogens (tertiary/aromatic N) is 3. The van der Waals surface area contributed by atoms with Crippen molar-refractivity contribution < 1.29 is 9.53 Å². The van der Waals surface area contributed by atoms with Crippen LogP contribution < -0.4 is 5.32 Å². The molecule has 25 heavy (non-hydrogen) atoms. The van der Waals surface area contributed by atoms with Crippen LogP contribution in [0.2, 0.25) is 0 Å². The van der Waals surface area contributed by atoms with E-state index >= 15 is 0 Å². The van der Waals surface area contributed by atoms with Crippen LogP contribution in [0.1, 0.15) is 38.7 Å². The summed E-state index contributed by atoms with van der Waals surface area (Å²) in [5.74, 6) is 0.358. The number of rotatable bonds is 2. The van der Waals surface area contributed by atoms with Crippen LogP contribution in [0, 0.1) is 22.7 Å². The summed E-state index contributed by atoms with van der Waals surface area (Å²) in [5, 5.41) is 12.0. The fourth-order valence-corrected chi connectivity index (χ4v) is 4.16. The third kappa shape index (κ3) is 2.74. The van der Waals surface area contributed by atoms with Gasteiger partial charge in [0.2, 0.25) is 0 Å². The van der Waals surface area contributed by atoms with E-state index in [0.29, 0.717) is 18.0 Å². The van der Waals surface area contributed by atoms with Crippen LogP contribution in [0.15, 0.2) is 24.5 Å². The van der Waals surface area contributed by atoms with Crippen molar-refractivity contribution in [2.24, 2.45) is 11.3 Å². The number of fused-ring (bicyclic) bond motifs is 1. The Hall–Kier alpha value is -2.55. The van der Waals surface area contributed by atoms with E-state index < -0.39 is 0 Å². The number of ether oxygens (including phenoxy) is 1. The van der Waals surface area contributed by atoms with Crippen LogP contribution in [-0.4, -0.2) is 27.8 Å². The second-order valence-electron chi connectivity index (χ2n) is 8.03. The Labute approximate surface area is 146 Å². The number of hydrogen-bond donors (Lipinski definition) is 1. The van der Waals surface area contributed by atoms with Gasteiger partial charge in [0.25, 0.3) is 0 Å². The van der Waals surface area contributed by atoms with Gasteiger partial charge in [-0.3, -0.25) is 0 Å². The number of carbonyl (C=O) groups is 1. The molecule has 1 aromatic heterocycles. The molecule has 2 atom stereocenters. The molecule has 0 radical (unpaired) electrons. The van der Waals surface area contributed by atoms with E-state index in [4.69, 9.17) is 10.00 Å². The molecule has 1 saturated heterocycles. The minimum atomic E-state index is -0.370. The molecule has 1 spiro atoms. The standard InChI is InChI=1S/C19H22N4O2/c1-18(2)5-6-19(11-21-17(24)25-19)8-14(18)10-23-12-22-15-4-3-13(9-20)7-16(15)23/h3-4,7,12,14H,5-6,8,10-11H2,1-2H3,(H,21,24)/t14?,19-/m0/s1. The highest BCUT2D eigenvalue weighted by atomic mass is 16.6. The first-order chi connectivity index (χ1) is 11.9. The molecule has 1 unspecified atom stereocenters. The van der Waals surface area contributed by atoms with E-state index in [-0.39, 0.29) is 17.1 Å². The summed E-state index contributed by atoms with van der Waals surface area (Å²) >= 11 is 0. The van der Waals surface area contributed by atoms with Gasteiger partial charge in [-0.25, -0.2) is 9.78 Å². The van der Waals surface area contributed by atoms with Crippen molar-refractivity contribution in [2.75, 3.05) is 6.54 Å². The predicted molar refractivity (Wildman–Crippen MR) is 92.8 cm³/mol. The largest absolute Gasteiger partial charge is 0.441 e. The molecular weight excluding hydrogens is 316 g/mol. The van der Waals surface area contributed by atoms with Gasteiger partial charge in [0.1, 0.15) is 5.60 Å². The molecule has 2 fully saturated rings. The third-order valence-corrected chi connectivity index (χ3v) is 5.98. The molecule has 1 aromatic carbocycles. The monoisotopic (exact) mass is 338 g/mol.